The molecule has 0 aromatic carbocycles. The summed E-state index contributed by atoms with van der Waals surface area (Å²) >= 11 is 0. The van der Waals surface area contributed by atoms with Crippen LogP contribution in [0, 0.1) is 0 Å². The van der Waals surface area contributed by atoms with Gasteiger partial charge in [0.1, 0.15) is 0 Å². The molecule has 90 valence electrons. The average Bonchev–Trinajstić information content (AvgIpc) is 2.90. The summed E-state index contributed by atoms with van der Waals surface area (Å²) in [6.45, 7) is 14.1. The molecule has 1 saturated carbocycles. The van der Waals surface area contributed by atoms with Crippen LogP contribution >= 0.6 is 0 Å². The molecule has 1 fully saturated rings. The molecule has 0 amide bonds. The highest BCUT2D eigenvalue weighted by atomic mass is 14.2. The summed E-state index contributed by atoms with van der Waals surface area (Å²) in [6.07, 6.45) is 15.5. The van der Waals surface area contributed by atoms with Gasteiger partial charge in [-0.2, -0.15) is 0 Å². The van der Waals surface area contributed by atoms with Crippen molar-refractivity contribution in [2.75, 3.05) is 0 Å². The van der Waals surface area contributed by atoms with Gasteiger partial charge in [-0.1, -0.05) is 56.2 Å². The Kier molecular flexibility index (Phi) is 3.47. The molecule has 0 bridgehead atoms. The first-order valence-electron chi connectivity index (χ1n) is 6.12. The van der Waals surface area contributed by atoms with Crippen molar-refractivity contribution >= 4 is 0 Å². The van der Waals surface area contributed by atoms with E-state index in [1.807, 2.05) is 25.2 Å². The Bertz CT molecular complexity index is 569. The fraction of sp³-hybridized carbons (Fsp3) is 0.111. The van der Waals surface area contributed by atoms with Gasteiger partial charge in [-0.3, -0.25) is 0 Å². The molecular formula is C18H18. The van der Waals surface area contributed by atoms with Crippen molar-refractivity contribution < 1.29 is 0 Å². The number of rotatable bonds is 3. The topological polar surface area (TPSA) is 0 Å². The molecule has 0 heteroatoms. The van der Waals surface area contributed by atoms with Crippen LogP contribution in [0.5, 0.6) is 0 Å². The van der Waals surface area contributed by atoms with E-state index in [0.717, 1.165) is 23.1 Å². The van der Waals surface area contributed by atoms with Crippen LogP contribution in [-0.2, 0) is 0 Å². The Morgan fingerprint density at radius 2 is 1.94 bits per heavy atom. The van der Waals surface area contributed by atoms with Gasteiger partial charge in [-0.25, -0.2) is 0 Å². The van der Waals surface area contributed by atoms with Gasteiger partial charge < -0.3 is 0 Å². The smallest absolute Gasteiger partial charge is 0.00259 e. The molecule has 0 saturated heterocycles. The number of allylic oxidation sites excluding steroid dienone is 13. The van der Waals surface area contributed by atoms with Crippen LogP contribution in [0.3, 0.4) is 0 Å². The van der Waals surface area contributed by atoms with E-state index in [-0.39, 0.29) is 0 Å². The Labute approximate surface area is 109 Å². The SMILES string of the molecule is C=C(/C=C1/CC1=C)\C=C1/C(=C)C=C/C1=C/C=C/C. The second kappa shape index (κ2) is 5.05. The van der Waals surface area contributed by atoms with Gasteiger partial charge in [0.15, 0.2) is 0 Å². The maximum Gasteiger partial charge on any atom is -0.00259 e. The lowest BCUT2D eigenvalue weighted by atomic mass is 10.0. The van der Waals surface area contributed by atoms with Crippen molar-refractivity contribution in [2.45, 2.75) is 13.3 Å². The molecule has 0 aliphatic heterocycles. The zero-order chi connectivity index (χ0) is 13.1. The first kappa shape index (κ1) is 12.4. The van der Waals surface area contributed by atoms with Gasteiger partial charge in [0.05, 0.1) is 0 Å². The summed E-state index contributed by atoms with van der Waals surface area (Å²) in [5, 5.41) is 0. The molecule has 0 radical (unpaired) electrons. The van der Waals surface area contributed by atoms with Gasteiger partial charge in [0.2, 0.25) is 0 Å². The van der Waals surface area contributed by atoms with E-state index in [9.17, 15) is 0 Å². The van der Waals surface area contributed by atoms with Crippen LogP contribution in [0.25, 0.3) is 0 Å². The van der Waals surface area contributed by atoms with Crippen LogP contribution in [-0.4, -0.2) is 0 Å². The third-order valence-electron chi connectivity index (χ3n) is 3.01. The first-order valence-corrected chi connectivity index (χ1v) is 6.12. The fourth-order valence-electron chi connectivity index (χ4n) is 1.87. The average molecular weight is 234 g/mol. The van der Waals surface area contributed by atoms with Crippen molar-refractivity contribution in [1.82, 2.24) is 0 Å². The summed E-state index contributed by atoms with van der Waals surface area (Å²) in [5.74, 6) is 0. The Balaban J connectivity index is 2.22. The molecule has 0 unspecified atom stereocenters. The maximum atomic E-state index is 4.07. The third-order valence-corrected chi connectivity index (χ3v) is 3.01. The molecule has 0 aromatic rings. The molecule has 0 spiro atoms. The molecular weight excluding hydrogens is 216 g/mol. The van der Waals surface area contributed by atoms with Crippen LogP contribution in [0.2, 0.25) is 0 Å². The second-order valence-corrected chi connectivity index (χ2v) is 4.59. The summed E-state index contributed by atoms with van der Waals surface area (Å²) in [6, 6.07) is 0. The maximum absolute atomic E-state index is 4.07. The number of hydrogen-bond donors (Lipinski definition) is 0. The lowest BCUT2D eigenvalue weighted by Gasteiger charge is -2.02. The zero-order valence-corrected chi connectivity index (χ0v) is 10.9. The van der Waals surface area contributed by atoms with Gasteiger partial charge in [-0.05, 0) is 52.9 Å². The van der Waals surface area contributed by atoms with Gasteiger partial charge in [-0.15, -0.1) is 0 Å². The molecule has 2 aliphatic carbocycles. The van der Waals surface area contributed by atoms with E-state index < -0.39 is 0 Å². The highest BCUT2D eigenvalue weighted by molar-refractivity contribution is 5.65. The number of hydrogen-bond acceptors (Lipinski definition) is 0. The minimum atomic E-state index is 1.01. The Hall–Kier alpha value is -2.08. The Morgan fingerprint density at radius 1 is 1.22 bits per heavy atom. The predicted molar refractivity (Wildman–Crippen MR) is 80.2 cm³/mol. The van der Waals surface area contributed by atoms with Crippen molar-refractivity contribution in [2.24, 2.45) is 0 Å². The molecule has 2 rings (SSSR count). The van der Waals surface area contributed by atoms with Crippen LogP contribution in [0.15, 0.2) is 95.7 Å². The van der Waals surface area contributed by atoms with E-state index in [1.165, 1.54) is 16.7 Å². The quantitative estimate of drug-likeness (QED) is 0.645. The van der Waals surface area contributed by atoms with Gasteiger partial charge in [0.25, 0.3) is 0 Å². The predicted octanol–water partition coefficient (Wildman–Crippen LogP) is 4.98. The van der Waals surface area contributed by atoms with E-state index in [2.05, 4.69) is 44.0 Å². The van der Waals surface area contributed by atoms with Crippen molar-refractivity contribution in [3.8, 4) is 0 Å². The molecule has 0 aromatic heterocycles. The summed E-state index contributed by atoms with van der Waals surface area (Å²) < 4.78 is 0. The van der Waals surface area contributed by atoms with Crippen LogP contribution in [0.1, 0.15) is 13.3 Å². The largest absolute Gasteiger partial charge is 0.0952 e. The van der Waals surface area contributed by atoms with Crippen molar-refractivity contribution in [3.63, 3.8) is 0 Å². The van der Waals surface area contributed by atoms with Gasteiger partial charge in [0, 0.05) is 0 Å². The fourth-order valence-corrected chi connectivity index (χ4v) is 1.87. The molecule has 0 nitrogen and oxygen atoms in total. The molecule has 0 heterocycles. The van der Waals surface area contributed by atoms with Crippen LogP contribution < -0.4 is 0 Å². The van der Waals surface area contributed by atoms with Crippen LogP contribution in [0.4, 0.5) is 0 Å². The molecule has 2 aliphatic rings. The zero-order valence-electron chi connectivity index (χ0n) is 10.9. The van der Waals surface area contributed by atoms with E-state index in [1.54, 1.807) is 0 Å². The summed E-state index contributed by atoms with van der Waals surface area (Å²) in [5.41, 5.74) is 6.93. The lowest BCUT2D eigenvalue weighted by molar-refractivity contribution is 1.52. The van der Waals surface area contributed by atoms with Gasteiger partial charge >= 0.3 is 0 Å². The second-order valence-electron chi connectivity index (χ2n) is 4.59. The Morgan fingerprint density at radius 3 is 2.56 bits per heavy atom. The summed E-state index contributed by atoms with van der Waals surface area (Å²) in [4.78, 5) is 0. The van der Waals surface area contributed by atoms with Crippen molar-refractivity contribution in [3.05, 3.63) is 95.7 Å². The van der Waals surface area contributed by atoms with Crippen molar-refractivity contribution in [1.29, 1.82) is 0 Å². The monoisotopic (exact) mass is 234 g/mol. The lowest BCUT2D eigenvalue weighted by Crippen LogP contribution is -1.83. The normalized spacial score (nSPS) is 25.1. The highest BCUT2D eigenvalue weighted by Crippen LogP contribution is 2.36. The van der Waals surface area contributed by atoms with E-state index >= 15 is 0 Å². The van der Waals surface area contributed by atoms with E-state index in [0.29, 0.717) is 0 Å². The molecule has 18 heavy (non-hydrogen) atoms. The standard InChI is InChI=1S/C18H18/c1-5-6-7-16-9-8-14(3)18(16)11-13(2)10-17-12-15(17)4/h5-11H,2-4,12H2,1H3/b6-5+,16-7-,17-10-,18-11+. The minimum Gasteiger partial charge on any atom is -0.0952 e. The minimum absolute atomic E-state index is 1.01. The highest BCUT2D eigenvalue weighted by Gasteiger charge is 2.17. The molecule has 0 atom stereocenters. The third kappa shape index (κ3) is 2.78. The molecule has 0 N–H and O–H groups in total. The van der Waals surface area contributed by atoms with E-state index in [4.69, 9.17) is 0 Å². The first-order chi connectivity index (χ1) is 8.61. The summed E-state index contributed by atoms with van der Waals surface area (Å²) in [7, 11) is 0.